The van der Waals surface area contributed by atoms with Crippen molar-refractivity contribution < 1.29 is 4.74 Å². The number of ether oxygens (including phenoxy) is 1. The summed E-state index contributed by atoms with van der Waals surface area (Å²) in [4.78, 5) is 5.99. The third-order valence-corrected chi connectivity index (χ3v) is 4.37. The number of thiazole rings is 1. The molecule has 1 saturated heterocycles. The van der Waals surface area contributed by atoms with Crippen molar-refractivity contribution in [1.82, 2.24) is 4.98 Å². The molecule has 84 valence electrons. The molecule has 0 atom stereocenters. The minimum atomic E-state index is 0.189. The molecule has 1 aromatic heterocycles. The Morgan fingerprint density at radius 2 is 2.00 bits per heavy atom. The van der Waals surface area contributed by atoms with Gasteiger partial charge in [0, 0.05) is 29.7 Å². The van der Waals surface area contributed by atoms with Gasteiger partial charge in [-0.1, -0.05) is 20.8 Å². The van der Waals surface area contributed by atoms with E-state index in [4.69, 9.17) is 4.74 Å². The van der Waals surface area contributed by atoms with E-state index >= 15 is 0 Å². The van der Waals surface area contributed by atoms with Gasteiger partial charge in [0.25, 0.3) is 0 Å². The summed E-state index contributed by atoms with van der Waals surface area (Å²) < 4.78 is 5.38. The van der Waals surface area contributed by atoms with E-state index in [1.807, 2.05) is 11.3 Å². The summed E-state index contributed by atoms with van der Waals surface area (Å²) in [6.07, 6.45) is 4.39. The maximum absolute atomic E-state index is 5.38. The first-order valence-corrected chi connectivity index (χ1v) is 6.43. The molecule has 15 heavy (non-hydrogen) atoms. The molecule has 2 nitrogen and oxygen atoms in total. The third kappa shape index (κ3) is 2.58. The fourth-order valence-corrected chi connectivity index (χ4v) is 2.95. The lowest BCUT2D eigenvalue weighted by atomic mass is 9.98. The van der Waals surface area contributed by atoms with Crippen molar-refractivity contribution in [3.05, 3.63) is 16.1 Å². The summed E-state index contributed by atoms with van der Waals surface area (Å²) in [5.41, 5.74) is 0.189. The molecule has 0 amide bonds. The summed E-state index contributed by atoms with van der Waals surface area (Å²) in [5.74, 6) is 0.687. The van der Waals surface area contributed by atoms with E-state index in [1.165, 1.54) is 9.88 Å². The van der Waals surface area contributed by atoms with Gasteiger partial charge < -0.3 is 4.74 Å². The predicted octanol–water partition coefficient (Wildman–Crippen LogP) is 3.33. The first-order chi connectivity index (χ1) is 7.07. The van der Waals surface area contributed by atoms with Gasteiger partial charge in [0.05, 0.1) is 5.01 Å². The zero-order chi connectivity index (χ0) is 10.9. The molecule has 2 rings (SSSR count). The first-order valence-electron chi connectivity index (χ1n) is 5.61. The van der Waals surface area contributed by atoms with Crippen molar-refractivity contribution in [2.24, 2.45) is 0 Å². The fraction of sp³-hybridized carbons (Fsp3) is 0.750. The molecule has 0 aliphatic carbocycles. The third-order valence-electron chi connectivity index (χ3n) is 2.79. The zero-order valence-corrected chi connectivity index (χ0v) is 10.6. The van der Waals surface area contributed by atoms with Gasteiger partial charge in [-0.15, -0.1) is 11.3 Å². The summed E-state index contributed by atoms with van der Waals surface area (Å²) in [6.45, 7) is 8.49. The second kappa shape index (κ2) is 4.22. The SMILES string of the molecule is CC(C)(C)c1ncc(C2CCOCC2)s1. The molecule has 1 aliphatic rings. The molecule has 0 saturated carbocycles. The Hall–Kier alpha value is -0.410. The van der Waals surface area contributed by atoms with Gasteiger partial charge >= 0.3 is 0 Å². The van der Waals surface area contributed by atoms with Crippen LogP contribution in [-0.2, 0) is 10.2 Å². The Kier molecular flexibility index (Phi) is 3.12. The van der Waals surface area contributed by atoms with Crippen molar-refractivity contribution in [2.75, 3.05) is 13.2 Å². The molecule has 0 bridgehead atoms. The predicted molar refractivity (Wildman–Crippen MR) is 63.6 cm³/mol. The second-order valence-corrected chi connectivity index (χ2v) is 6.27. The molecule has 1 aromatic rings. The number of hydrogen-bond donors (Lipinski definition) is 0. The molecule has 0 radical (unpaired) electrons. The molecule has 0 spiro atoms. The van der Waals surface area contributed by atoms with E-state index in [0.717, 1.165) is 26.1 Å². The molecule has 0 unspecified atom stereocenters. The van der Waals surface area contributed by atoms with E-state index < -0.39 is 0 Å². The van der Waals surface area contributed by atoms with Crippen LogP contribution in [0.4, 0.5) is 0 Å². The molecule has 0 N–H and O–H groups in total. The van der Waals surface area contributed by atoms with Crippen LogP contribution in [0.2, 0.25) is 0 Å². The molecule has 0 aromatic carbocycles. The van der Waals surface area contributed by atoms with Crippen LogP contribution in [0.3, 0.4) is 0 Å². The molecule has 2 heterocycles. The topological polar surface area (TPSA) is 22.1 Å². The van der Waals surface area contributed by atoms with Crippen molar-refractivity contribution in [1.29, 1.82) is 0 Å². The average molecular weight is 225 g/mol. The number of rotatable bonds is 1. The molecule has 1 aliphatic heterocycles. The van der Waals surface area contributed by atoms with Crippen LogP contribution in [0.5, 0.6) is 0 Å². The Balaban J connectivity index is 2.12. The summed E-state index contributed by atoms with van der Waals surface area (Å²) >= 11 is 1.88. The van der Waals surface area contributed by atoms with Crippen LogP contribution in [0.15, 0.2) is 6.20 Å². The van der Waals surface area contributed by atoms with E-state index in [2.05, 4.69) is 32.0 Å². The maximum Gasteiger partial charge on any atom is 0.0981 e. The van der Waals surface area contributed by atoms with Crippen LogP contribution in [-0.4, -0.2) is 18.2 Å². The minimum absolute atomic E-state index is 0.189. The largest absolute Gasteiger partial charge is 0.381 e. The molecular weight excluding hydrogens is 206 g/mol. The van der Waals surface area contributed by atoms with Crippen molar-refractivity contribution in [3.63, 3.8) is 0 Å². The smallest absolute Gasteiger partial charge is 0.0981 e. The van der Waals surface area contributed by atoms with E-state index in [-0.39, 0.29) is 5.41 Å². The zero-order valence-electron chi connectivity index (χ0n) is 9.75. The highest BCUT2D eigenvalue weighted by Gasteiger charge is 2.22. The van der Waals surface area contributed by atoms with Gasteiger partial charge in [-0.05, 0) is 18.8 Å². The van der Waals surface area contributed by atoms with Crippen LogP contribution in [0.1, 0.15) is 49.4 Å². The fourth-order valence-electron chi connectivity index (χ4n) is 1.80. The second-order valence-electron chi connectivity index (χ2n) is 5.20. The van der Waals surface area contributed by atoms with E-state index in [0.29, 0.717) is 5.92 Å². The van der Waals surface area contributed by atoms with Gasteiger partial charge in [-0.2, -0.15) is 0 Å². The number of aromatic nitrogens is 1. The highest BCUT2D eigenvalue weighted by Crippen LogP contribution is 2.34. The maximum atomic E-state index is 5.38. The molecule has 1 fully saturated rings. The molecular formula is C12H19NOS. The Labute approximate surface area is 95.7 Å². The van der Waals surface area contributed by atoms with Gasteiger partial charge in [0.1, 0.15) is 0 Å². The lowest BCUT2D eigenvalue weighted by Crippen LogP contribution is -2.13. The number of hydrogen-bond acceptors (Lipinski definition) is 3. The summed E-state index contributed by atoms with van der Waals surface area (Å²) in [5, 5.41) is 1.25. The van der Waals surface area contributed by atoms with Crippen molar-refractivity contribution in [3.8, 4) is 0 Å². The Morgan fingerprint density at radius 3 is 2.53 bits per heavy atom. The lowest BCUT2D eigenvalue weighted by molar-refractivity contribution is 0.0860. The average Bonchev–Trinajstić information content (AvgIpc) is 2.67. The van der Waals surface area contributed by atoms with Crippen LogP contribution in [0.25, 0.3) is 0 Å². The minimum Gasteiger partial charge on any atom is -0.381 e. The van der Waals surface area contributed by atoms with Gasteiger partial charge in [-0.25, -0.2) is 4.98 Å². The van der Waals surface area contributed by atoms with E-state index in [1.54, 1.807) is 0 Å². The van der Waals surface area contributed by atoms with Crippen LogP contribution < -0.4 is 0 Å². The first kappa shape index (κ1) is 11.1. The molecule has 3 heteroatoms. The van der Waals surface area contributed by atoms with Gasteiger partial charge in [-0.3, -0.25) is 0 Å². The quantitative estimate of drug-likeness (QED) is 0.731. The van der Waals surface area contributed by atoms with Gasteiger partial charge in [0.15, 0.2) is 0 Å². The van der Waals surface area contributed by atoms with Crippen LogP contribution in [0, 0.1) is 0 Å². The van der Waals surface area contributed by atoms with Crippen LogP contribution >= 0.6 is 11.3 Å². The normalized spacial score (nSPS) is 19.4. The van der Waals surface area contributed by atoms with Crippen molar-refractivity contribution in [2.45, 2.75) is 44.9 Å². The van der Waals surface area contributed by atoms with E-state index in [9.17, 15) is 0 Å². The highest BCUT2D eigenvalue weighted by atomic mass is 32.1. The Morgan fingerprint density at radius 1 is 1.33 bits per heavy atom. The summed E-state index contributed by atoms with van der Waals surface area (Å²) in [7, 11) is 0. The number of nitrogens with zero attached hydrogens (tertiary/aromatic N) is 1. The standard InChI is InChI=1S/C12H19NOS/c1-12(2,3)11-13-8-10(15-11)9-4-6-14-7-5-9/h8-9H,4-7H2,1-3H3. The highest BCUT2D eigenvalue weighted by molar-refractivity contribution is 7.11. The Bertz CT molecular complexity index is 321. The van der Waals surface area contributed by atoms with Crippen molar-refractivity contribution >= 4 is 11.3 Å². The lowest BCUT2D eigenvalue weighted by Gasteiger charge is -2.20. The van der Waals surface area contributed by atoms with Gasteiger partial charge in [0.2, 0.25) is 0 Å². The summed E-state index contributed by atoms with van der Waals surface area (Å²) in [6, 6.07) is 0. The monoisotopic (exact) mass is 225 g/mol.